The molecular formula is C21H21ClFN3O2S. The first kappa shape index (κ1) is 20.2. The molecule has 1 saturated heterocycles. The first-order chi connectivity index (χ1) is 13.8. The number of amides is 1. The number of nitrogens with zero attached hydrogens (tertiary/aromatic N) is 1. The van der Waals surface area contributed by atoms with Gasteiger partial charge in [0.1, 0.15) is 11.4 Å². The number of alkyl halides is 1. The molecule has 152 valence electrons. The number of nitrogens with one attached hydrogen (secondary N) is 1. The molecule has 1 fully saturated rings. The van der Waals surface area contributed by atoms with Gasteiger partial charge in [-0.1, -0.05) is 23.7 Å². The highest BCUT2D eigenvalue weighted by molar-refractivity contribution is 8.03. The molecule has 0 aliphatic carbocycles. The minimum absolute atomic E-state index is 0.166. The van der Waals surface area contributed by atoms with Crippen molar-refractivity contribution in [3.63, 3.8) is 0 Å². The van der Waals surface area contributed by atoms with E-state index in [1.807, 2.05) is 13.0 Å². The maximum Gasteiger partial charge on any atom is 0.274 e. The van der Waals surface area contributed by atoms with Gasteiger partial charge < -0.3 is 15.8 Å². The maximum atomic E-state index is 16.2. The van der Waals surface area contributed by atoms with E-state index in [0.717, 1.165) is 5.56 Å². The van der Waals surface area contributed by atoms with Crippen molar-refractivity contribution >= 4 is 35.0 Å². The van der Waals surface area contributed by atoms with Gasteiger partial charge in [-0.25, -0.2) is 9.37 Å². The Bertz CT molecular complexity index is 971. The number of carbonyl (C=O) groups excluding carboxylic acids is 1. The van der Waals surface area contributed by atoms with Crippen LogP contribution in [0.1, 0.15) is 29.4 Å². The fourth-order valence-corrected chi connectivity index (χ4v) is 5.11. The molecule has 2 aliphatic rings. The molecular weight excluding hydrogens is 413 g/mol. The zero-order valence-corrected chi connectivity index (χ0v) is 17.4. The quantitative estimate of drug-likeness (QED) is 0.755. The molecule has 0 radical (unpaired) electrons. The largest absolute Gasteiger partial charge is 0.394 e. The van der Waals surface area contributed by atoms with Gasteiger partial charge in [0.05, 0.1) is 28.2 Å². The van der Waals surface area contributed by atoms with Crippen LogP contribution >= 0.6 is 23.4 Å². The Kier molecular flexibility index (Phi) is 5.31. The third kappa shape index (κ3) is 3.74. The monoisotopic (exact) mass is 433 g/mol. The summed E-state index contributed by atoms with van der Waals surface area (Å²) in [7, 11) is 0. The van der Waals surface area contributed by atoms with Gasteiger partial charge in [0.25, 0.3) is 5.91 Å². The van der Waals surface area contributed by atoms with Crippen LogP contribution in [0.5, 0.6) is 0 Å². The van der Waals surface area contributed by atoms with Crippen LogP contribution in [0.25, 0.3) is 0 Å². The highest BCUT2D eigenvalue weighted by Crippen LogP contribution is 2.52. The Morgan fingerprint density at radius 1 is 1.41 bits per heavy atom. The van der Waals surface area contributed by atoms with E-state index >= 15 is 4.39 Å². The Balaban J connectivity index is 1.67. The zero-order valence-electron chi connectivity index (χ0n) is 15.8. The van der Waals surface area contributed by atoms with E-state index in [4.69, 9.17) is 22.1 Å². The Hall–Kier alpha value is -2.09. The second kappa shape index (κ2) is 7.63. The van der Waals surface area contributed by atoms with Gasteiger partial charge in [0.15, 0.2) is 0 Å². The minimum atomic E-state index is -1.49. The van der Waals surface area contributed by atoms with E-state index in [1.54, 1.807) is 36.4 Å². The van der Waals surface area contributed by atoms with E-state index in [-0.39, 0.29) is 36.5 Å². The van der Waals surface area contributed by atoms with Crippen LogP contribution in [0, 0.1) is 0 Å². The summed E-state index contributed by atoms with van der Waals surface area (Å²) in [5.41, 5.74) is 5.11. The summed E-state index contributed by atoms with van der Waals surface area (Å²) in [4.78, 5) is 16.5. The number of hydrogen-bond acceptors (Lipinski definition) is 5. The summed E-state index contributed by atoms with van der Waals surface area (Å²) < 4.78 is 22.0. The fourth-order valence-electron chi connectivity index (χ4n) is 3.95. The fraction of sp³-hybridized carbons (Fsp3) is 0.333. The van der Waals surface area contributed by atoms with E-state index in [0.29, 0.717) is 15.7 Å². The highest BCUT2D eigenvalue weighted by atomic mass is 35.5. The summed E-state index contributed by atoms with van der Waals surface area (Å²) in [6.07, 6.45) is 3.31. The second-order valence-corrected chi connectivity index (χ2v) is 8.98. The lowest BCUT2D eigenvalue weighted by Crippen LogP contribution is -2.59. The van der Waals surface area contributed by atoms with Crippen LogP contribution in [0.3, 0.4) is 0 Å². The van der Waals surface area contributed by atoms with Crippen LogP contribution in [0.15, 0.2) is 53.7 Å². The number of rotatable bonds is 3. The van der Waals surface area contributed by atoms with Crippen LogP contribution in [0.2, 0.25) is 5.02 Å². The van der Waals surface area contributed by atoms with Gasteiger partial charge in [-0.2, -0.15) is 0 Å². The number of pyridine rings is 1. The number of fused-ring (bicyclic) bond motifs is 1. The van der Waals surface area contributed by atoms with Crippen molar-refractivity contribution in [2.24, 2.45) is 5.73 Å². The lowest BCUT2D eigenvalue weighted by molar-refractivity contribution is -0.0916. The topological polar surface area (TPSA) is 77.2 Å². The lowest BCUT2D eigenvalue weighted by Gasteiger charge is -2.51. The number of carbonyl (C=O) groups is 1. The SMILES string of the molecule is C[C@H]1C[C@@]2(F)CSC(N)=C[C@@]2(c2cccc(NC(=O)c3ccc(Cl)cn3)c2)CO1. The molecule has 3 heterocycles. The van der Waals surface area contributed by atoms with Gasteiger partial charge >= 0.3 is 0 Å². The van der Waals surface area contributed by atoms with Gasteiger partial charge in [-0.05, 0) is 42.8 Å². The Morgan fingerprint density at radius 2 is 2.24 bits per heavy atom. The van der Waals surface area contributed by atoms with Crippen molar-refractivity contribution in [2.75, 3.05) is 17.7 Å². The van der Waals surface area contributed by atoms with Crippen molar-refractivity contribution in [3.8, 4) is 0 Å². The summed E-state index contributed by atoms with van der Waals surface area (Å²) in [6.45, 7) is 2.08. The molecule has 1 aromatic carbocycles. The molecule has 0 spiro atoms. The number of benzene rings is 1. The number of hydrogen-bond donors (Lipinski definition) is 2. The average molecular weight is 434 g/mol. The van der Waals surface area contributed by atoms with Crippen LogP contribution < -0.4 is 11.1 Å². The first-order valence-electron chi connectivity index (χ1n) is 9.26. The Labute approximate surface area is 177 Å². The predicted molar refractivity (Wildman–Crippen MR) is 114 cm³/mol. The Morgan fingerprint density at radius 3 is 3.00 bits per heavy atom. The van der Waals surface area contributed by atoms with E-state index in [1.165, 1.54) is 18.0 Å². The molecule has 0 saturated carbocycles. The molecule has 2 aromatic rings. The van der Waals surface area contributed by atoms with E-state index in [2.05, 4.69) is 10.3 Å². The van der Waals surface area contributed by atoms with E-state index < -0.39 is 11.1 Å². The number of aromatic nitrogens is 1. The van der Waals surface area contributed by atoms with E-state index in [9.17, 15) is 4.79 Å². The molecule has 0 unspecified atom stereocenters. The average Bonchev–Trinajstić information content (AvgIpc) is 2.69. The van der Waals surface area contributed by atoms with Gasteiger partial charge in [0.2, 0.25) is 0 Å². The minimum Gasteiger partial charge on any atom is -0.394 e. The smallest absolute Gasteiger partial charge is 0.274 e. The van der Waals surface area contributed by atoms with Crippen molar-refractivity contribution in [1.29, 1.82) is 0 Å². The lowest BCUT2D eigenvalue weighted by atomic mass is 9.65. The predicted octanol–water partition coefficient (Wildman–Crippen LogP) is 4.29. The normalized spacial score (nSPS) is 28.9. The summed E-state index contributed by atoms with van der Waals surface area (Å²) >= 11 is 7.15. The van der Waals surface area contributed by atoms with Crippen LogP contribution in [-0.2, 0) is 10.2 Å². The summed E-state index contributed by atoms with van der Waals surface area (Å²) in [6, 6.07) is 10.3. The summed E-state index contributed by atoms with van der Waals surface area (Å²) in [5, 5.41) is 3.85. The van der Waals surface area contributed by atoms with Crippen LogP contribution in [-0.4, -0.2) is 35.0 Å². The molecule has 3 N–H and O–H groups in total. The standard InChI is InChI=1S/C21H21ClFN3O2S/c1-13-8-21(23)12-29-18(24)9-20(21,11-28-13)14-3-2-4-16(7-14)26-19(27)17-6-5-15(22)10-25-17/h2-7,9-10,13H,8,11-12,24H2,1H3,(H,26,27)/t13-,20-,21+/m0/s1. The molecule has 3 atom stereocenters. The van der Waals surface area contributed by atoms with Gasteiger partial charge in [-0.3, -0.25) is 4.79 Å². The highest BCUT2D eigenvalue weighted by Gasteiger charge is 2.57. The second-order valence-electron chi connectivity index (χ2n) is 7.49. The first-order valence-corrected chi connectivity index (χ1v) is 10.6. The molecule has 2 aliphatic heterocycles. The van der Waals surface area contributed by atoms with Crippen molar-refractivity contribution in [1.82, 2.24) is 4.98 Å². The molecule has 5 nitrogen and oxygen atoms in total. The van der Waals surface area contributed by atoms with Gasteiger partial charge in [0, 0.05) is 24.1 Å². The van der Waals surface area contributed by atoms with Crippen molar-refractivity contribution in [2.45, 2.75) is 30.5 Å². The molecule has 1 amide bonds. The maximum absolute atomic E-state index is 16.2. The number of halogens is 2. The molecule has 29 heavy (non-hydrogen) atoms. The molecule has 8 heteroatoms. The van der Waals surface area contributed by atoms with Gasteiger partial charge in [-0.15, -0.1) is 11.8 Å². The van der Waals surface area contributed by atoms with Crippen molar-refractivity contribution in [3.05, 3.63) is 70.0 Å². The molecule has 1 aromatic heterocycles. The number of thioether (sulfide) groups is 1. The zero-order chi connectivity index (χ0) is 20.6. The van der Waals surface area contributed by atoms with Crippen molar-refractivity contribution < 1.29 is 13.9 Å². The summed E-state index contributed by atoms with van der Waals surface area (Å²) in [5.74, 6) is -0.0977. The molecule has 0 bridgehead atoms. The molecule has 4 rings (SSSR count). The third-order valence-electron chi connectivity index (χ3n) is 5.46. The number of anilines is 1. The van der Waals surface area contributed by atoms with Crippen LogP contribution in [0.4, 0.5) is 10.1 Å². The third-order valence-corrected chi connectivity index (χ3v) is 6.73. The number of nitrogens with two attached hydrogens (primary N) is 1. The number of ether oxygens (including phenoxy) is 1.